The number of allylic oxidation sites excluding steroid dienone is 1. The highest BCUT2D eigenvalue weighted by atomic mass is 32.1. The summed E-state index contributed by atoms with van der Waals surface area (Å²) in [7, 11) is 0. The Morgan fingerprint density at radius 1 is 1.00 bits per heavy atom. The Kier molecular flexibility index (Phi) is 5.37. The number of hydrogen-bond acceptors (Lipinski definition) is 3. The Balaban J connectivity index is 1.57. The van der Waals surface area contributed by atoms with Crippen LogP contribution in [0, 0.1) is 5.82 Å². The van der Waals surface area contributed by atoms with Crippen LogP contribution in [0.25, 0.3) is 11.8 Å². The Morgan fingerprint density at radius 3 is 2.49 bits per heavy atom. The van der Waals surface area contributed by atoms with Crippen molar-refractivity contribution in [1.82, 2.24) is 4.57 Å². The standard InChI is InChI=1S/C30H25FN2OS/c1-18(2)20-9-7-19(8-10-20)17-26-29(34)33-28(22-11-14-23(31)15-12-22)25-16-13-21-5-3-4-6-24(21)27(25)32-30(33)35-26/h3-12,14-15,17-18,28H,13,16H2,1-2H3/b26-17+/t28-/m1/s1. The molecule has 6 rings (SSSR count). The van der Waals surface area contributed by atoms with Crippen molar-refractivity contribution in [3.63, 3.8) is 0 Å². The van der Waals surface area contributed by atoms with Crippen LogP contribution >= 0.6 is 11.3 Å². The lowest BCUT2D eigenvalue weighted by Crippen LogP contribution is -2.38. The number of nitrogens with zero attached hydrogens (tertiary/aromatic N) is 2. The molecule has 0 bridgehead atoms. The third-order valence-electron chi connectivity index (χ3n) is 6.96. The minimum atomic E-state index is -0.291. The molecule has 0 radical (unpaired) electrons. The van der Waals surface area contributed by atoms with Crippen molar-refractivity contribution in [3.05, 3.63) is 132 Å². The molecule has 0 amide bonds. The molecule has 3 aromatic carbocycles. The molecule has 0 spiro atoms. The first-order chi connectivity index (χ1) is 17.0. The maximum Gasteiger partial charge on any atom is 0.271 e. The molecule has 0 fully saturated rings. The molecule has 1 atom stereocenters. The van der Waals surface area contributed by atoms with Crippen molar-refractivity contribution in [3.8, 4) is 0 Å². The Labute approximate surface area is 207 Å². The third kappa shape index (κ3) is 3.80. The monoisotopic (exact) mass is 480 g/mol. The van der Waals surface area contributed by atoms with Gasteiger partial charge >= 0.3 is 0 Å². The molecule has 2 aliphatic rings. The van der Waals surface area contributed by atoms with Crippen molar-refractivity contribution in [2.24, 2.45) is 4.99 Å². The molecular formula is C30H25FN2OS. The molecule has 0 saturated heterocycles. The van der Waals surface area contributed by atoms with E-state index in [2.05, 4.69) is 56.3 Å². The maximum atomic E-state index is 13.8. The summed E-state index contributed by atoms with van der Waals surface area (Å²) in [6.07, 6.45) is 3.67. The van der Waals surface area contributed by atoms with E-state index in [4.69, 9.17) is 4.99 Å². The molecule has 0 unspecified atom stereocenters. The zero-order valence-electron chi connectivity index (χ0n) is 19.7. The first-order valence-corrected chi connectivity index (χ1v) is 12.8. The quantitative estimate of drug-likeness (QED) is 0.377. The predicted octanol–water partition coefficient (Wildman–Crippen LogP) is 5.58. The van der Waals surface area contributed by atoms with Crippen LogP contribution in [-0.4, -0.2) is 4.57 Å². The van der Waals surface area contributed by atoms with Crippen molar-refractivity contribution < 1.29 is 4.39 Å². The summed E-state index contributed by atoms with van der Waals surface area (Å²) in [5, 5.41) is 0. The lowest BCUT2D eigenvalue weighted by molar-refractivity contribution is 0.581. The lowest BCUT2D eigenvalue weighted by atomic mass is 9.83. The number of halogens is 1. The molecule has 0 N–H and O–H groups in total. The molecule has 0 saturated carbocycles. The summed E-state index contributed by atoms with van der Waals surface area (Å²) in [6.45, 7) is 4.34. The van der Waals surface area contributed by atoms with Crippen molar-refractivity contribution in [2.45, 2.75) is 38.6 Å². The van der Waals surface area contributed by atoms with E-state index in [-0.39, 0.29) is 17.4 Å². The highest BCUT2D eigenvalue weighted by molar-refractivity contribution is 7.07. The van der Waals surface area contributed by atoms with Gasteiger partial charge in [-0.1, -0.05) is 85.8 Å². The summed E-state index contributed by atoms with van der Waals surface area (Å²) in [5.74, 6) is 0.175. The zero-order valence-corrected chi connectivity index (χ0v) is 20.5. The second-order valence-electron chi connectivity index (χ2n) is 9.49. The van der Waals surface area contributed by atoms with Gasteiger partial charge in [0.1, 0.15) is 5.82 Å². The molecule has 2 heterocycles. The maximum absolute atomic E-state index is 13.8. The van der Waals surface area contributed by atoms with Crippen molar-refractivity contribution in [1.29, 1.82) is 0 Å². The van der Waals surface area contributed by atoms with Gasteiger partial charge in [-0.25, -0.2) is 9.38 Å². The van der Waals surface area contributed by atoms with E-state index in [0.717, 1.165) is 40.8 Å². The van der Waals surface area contributed by atoms with Crippen molar-refractivity contribution >= 4 is 23.1 Å². The van der Waals surface area contributed by atoms with Gasteiger partial charge in [0, 0.05) is 5.56 Å². The van der Waals surface area contributed by atoms with Crippen LogP contribution in [0.2, 0.25) is 0 Å². The Hall–Kier alpha value is -3.57. The molecular weight excluding hydrogens is 455 g/mol. The van der Waals surface area contributed by atoms with E-state index < -0.39 is 0 Å². The van der Waals surface area contributed by atoms with E-state index in [1.807, 2.05) is 12.1 Å². The molecule has 1 aliphatic heterocycles. The SMILES string of the molecule is CC(C)c1ccc(/C=c2/sc3n(c2=O)[C@H](c2ccc(F)cc2)C2=C(N=3)c3ccccc3CC2)cc1. The highest BCUT2D eigenvalue weighted by Gasteiger charge is 2.32. The first-order valence-electron chi connectivity index (χ1n) is 12.0. The van der Waals surface area contributed by atoms with Gasteiger partial charge in [-0.15, -0.1) is 0 Å². The molecule has 1 aromatic heterocycles. The summed E-state index contributed by atoms with van der Waals surface area (Å²) < 4.78 is 16.2. The average molecular weight is 481 g/mol. The largest absolute Gasteiger partial charge is 0.272 e. The van der Waals surface area contributed by atoms with Crippen LogP contribution in [0.15, 0.2) is 88.2 Å². The molecule has 5 heteroatoms. The molecule has 174 valence electrons. The fraction of sp³-hybridized carbons (Fsp3) is 0.200. The number of thiazole rings is 1. The second-order valence-corrected chi connectivity index (χ2v) is 10.5. The van der Waals surface area contributed by atoms with Crippen LogP contribution in [0.1, 0.15) is 60.0 Å². The number of rotatable bonds is 3. The van der Waals surface area contributed by atoms with E-state index in [1.165, 1.54) is 34.6 Å². The molecule has 3 nitrogen and oxygen atoms in total. The van der Waals surface area contributed by atoms with Crippen LogP contribution in [0.5, 0.6) is 0 Å². The fourth-order valence-corrected chi connectivity index (χ4v) is 6.10. The van der Waals surface area contributed by atoms with Crippen molar-refractivity contribution in [2.75, 3.05) is 0 Å². The van der Waals surface area contributed by atoms with Crippen LogP contribution < -0.4 is 14.9 Å². The lowest BCUT2D eigenvalue weighted by Gasteiger charge is -2.30. The van der Waals surface area contributed by atoms with Gasteiger partial charge in [0.2, 0.25) is 0 Å². The van der Waals surface area contributed by atoms with Gasteiger partial charge in [-0.2, -0.15) is 0 Å². The second kappa shape index (κ2) is 8.58. The van der Waals surface area contributed by atoms with Gasteiger partial charge in [0.25, 0.3) is 5.56 Å². The summed E-state index contributed by atoms with van der Waals surface area (Å²) in [5.41, 5.74) is 7.59. The average Bonchev–Trinajstić information content (AvgIpc) is 3.18. The van der Waals surface area contributed by atoms with Crippen LogP contribution in [0.4, 0.5) is 4.39 Å². The number of aromatic nitrogens is 1. The highest BCUT2D eigenvalue weighted by Crippen LogP contribution is 2.41. The normalized spacial score (nSPS) is 17.1. The third-order valence-corrected chi connectivity index (χ3v) is 7.94. The summed E-state index contributed by atoms with van der Waals surface area (Å²) >= 11 is 1.42. The number of aryl methyl sites for hydroxylation is 1. The van der Waals surface area contributed by atoms with E-state index >= 15 is 0 Å². The number of fused-ring (bicyclic) bond motifs is 3. The zero-order chi connectivity index (χ0) is 24.1. The van der Waals surface area contributed by atoms with E-state index in [0.29, 0.717) is 15.3 Å². The van der Waals surface area contributed by atoms with Gasteiger partial charge in [0.15, 0.2) is 4.80 Å². The summed E-state index contributed by atoms with van der Waals surface area (Å²) in [4.78, 5) is 19.5. The minimum Gasteiger partial charge on any atom is -0.272 e. The van der Waals surface area contributed by atoms with Crippen LogP contribution in [-0.2, 0) is 6.42 Å². The van der Waals surface area contributed by atoms with Gasteiger partial charge in [-0.05, 0) is 64.8 Å². The number of benzene rings is 3. The molecule has 1 aliphatic carbocycles. The van der Waals surface area contributed by atoms with Gasteiger partial charge in [-0.3, -0.25) is 9.36 Å². The van der Waals surface area contributed by atoms with E-state index in [9.17, 15) is 9.18 Å². The van der Waals surface area contributed by atoms with Gasteiger partial charge < -0.3 is 0 Å². The van der Waals surface area contributed by atoms with E-state index in [1.54, 1.807) is 16.7 Å². The predicted molar refractivity (Wildman–Crippen MR) is 140 cm³/mol. The topological polar surface area (TPSA) is 34.4 Å². The van der Waals surface area contributed by atoms with Gasteiger partial charge in [0.05, 0.1) is 16.3 Å². The Morgan fingerprint density at radius 2 is 1.74 bits per heavy atom. The fourth-order valence-electron chi connectivity index (χ4n) is 5.10. The minimum absolute atomic E-state index is 0.0542. The molecule has 4 aromatic rings. The van der Waals surface area contributed by atoms with Crippen LogP contribution in [0.3, 0.4) is 0 Å². The first kappa shape index (κ1) is 21.9. The number of hydrogen-bond donors (Lipinski definition) is 0. The summed E-state index contributed by atoms with van der Waals surface area (Å²) in [6, 6.07) is 22.9. The molecule has 35 heavy (non-hydrogen) atoms. The Bertz CT molecular complexity index is 1640. The smallest absolute Gasteiger partial charge is 0.271 e.